The first-order valence-corrected chi connectivity index (χ1v) is 7.20. The van der Waals surface area contributed by atoms with Crippen LogP contribution < -0.4 is 5.43 Å². The van der Waals surface area contributed by atoms with Gasteiger partial charge in [0.1, 0.15) is 0 Å². The Morgan fingerprint density at radius 1 is 1.00 bits per heavy atom. The summed E-state index contributed by atoms with van der Waals surface area (Å²) in [6.07, 6.45) is 1.01. The molecule has 19 heavy (non-hydrogen) atoms. The van der Waals surface area contributed by atoms with E-state index in [9.17, 15) is 4.79 Å². The molecule has 0 amide bonds. The first-order valence-electron chi connectivity index (χ1n) is 7.20. The second kappa shape index (κ2) is 4.96. The van der Waals surface area contributed by atoms with Gasteiger partial charge in [0.2, 0.25) is 0 Å². The Kier molecular flexibility index (Phi) is 3.66. The molecule has 1 aromatic carbocycles. The summed E-state index contributed by atoms with van der Waals surface area (Å²) in [6, 6.07) is 3.96. The lowest BCUT2D eigenvalue weighted by atomic mass is 9.97. The molecular formula is C18H24O. The van der Waals surface area contributed by atoms with E-state index in [4.69, 9.17) is 0 Å². The number of fused-ring (bicyclic) bond motifs is 1. The van der Waals surface area contributed by atoms with E-state index < -0.39 is 0 Å². The molecule has 0 aliphatic heterocycles. The monoisotopic (exact) mass is 256 g/mol. The van der Waals surface area contributed by atoms with Crippen LogP contribution in [0.15, 0.2) is 22.5 Å². The molecule has 0 atom stereocenters. The van der Waals surface area contributed by atoms with Crippen molar-refractivity contribution in [3.8, 4) is 0 Å². The summed E-state index contributed by atoms with van der Waals surface area (Å²) in [5, 5.41) is 0. The highest BCUT2D eigenvalue weighted by molar-refractivity contribution is 5.76. The molecule has 0 fully saturated rings. The molecule has 1 heteroatoms. The van der Waals surface area contributed by atoms with Crippen molar-refractivity contribution in [2.24, 2.45) is 5.92 Å². The van der Waals surface area contributed by atoms with Crippen molar-refractivity contribution in [3.05, 3.63) is 50.2 Å². The van der Waals surface area contributed by atoms with Gasteiger partial charge in [-0.25, -0.2) is 0 Å². The van der Waals surface area contributed by atoms with Crippen LogP contribution in [0.3, 0.4) is 0 Å². The Morgan fingerprint density at radius 3 is 2.16 bits per heavy atom. The average Bonchev–Trinajstić information content (AvgIpc) is 2.56. The molecule has 1 aliphatic rings. The summed E-state index contributed by atoms with van der Waals surface area (Å²) >= 11 is 0. The molecule has 0 radical (unpaired) electrons. The second-order valence-electron chi connectivity index (χ2n) is 6.32. The lowest BCUT2D eigenvalue weighted by Crippen LogP contribution is -2.06. The predicted molar refractivity (Wildman–Crippen MR) is 82.7 cm³/mol. The van der Waals surface area contributed by atoms with Crippen molar-refractivity contribution in [3.63, 3.8) is 0 Å². The summed E-state index contributed by atoms with van der Waals surface area (Å²) in [5.41, 5.74) is 7.81. The van der Waals surface area contributed by atoms with Crippen LogP contribution in [0.4, 0.5) is 0 Å². The Bertz CT molecular complexity index is 604. The van der Waals surface area contributed by atoms with Gasteiger partial charge >= 0.3 is 0 Å². The largest absolute Gasteiger partial charge is 0.290 e. The van der Waals surface area contributed by atoms with Crippen molar-refractivity contribution in [2.45, 2.75) is 53.9 Å². The molecular weight excluding hydrogens is 232 g/mol. The number of allylic oxidation sites excluding steroid dienone is 2. The smallest absolute Gasteiger partial charge is 0.182 e. The first-order chi connectivity index (χ1) is 8.82. The molecule has 102 valence electrons. The van der Waals surface area contributed by atoms with Crippen LogP contribution in [0.2, 0.25) is 0 Å². The van der Waals surface area contributed by atoms with Gasteiger partial charge in [0.15, 0.2) is 5.43 Å². The van der Waals surface area contributed by atoms with Gasteiger partial charge in [-0.1, -0.05) is 33.3 Å². The average molecular weight is 256 g/mol. The number of hydrogen-bond donors (Lipinski definition) is 0. The van der Waals surface area contributed by atoms with E-state index in [1.54, 1.807) is 0 Å². The van der Waals surface area contributed by atoms with Crippen LogP contribution in [0.5, 0.6) is 0 Å². The van der Waals surface area contributed by atoms with Gasteiger partial charge in [0, 0.05) is 5.56 Å². The zero-order chi connectivity index (χ0) is 14.3. The van der Waals surface area contributed by atoms with Gasteiger partial charge in [0.05, 0.1) is 0 Å². The minimum atomic E-state index is 0.181. The van der Waals surface area contributed by atoms with Gasteiger partial charge < -0.3 is 0 Å². The molecule has 0 heterocycles. The summed E-state index contributed by atoms with van der Waals surface area (Å²) in [4.78, 5) is 12.2. The molecule has 0 saturated carbocycles. The lowest BCUT2D eigenvalue weighted by molar-refractivity contribution is 0.750. The van der Waals surface area contributed by atoms with E-state index >= 15 is 0 Å². The van der Waals surface area contributed by atoms with Gasteiger partial charge in [-0.15, -0.1) is 0 Å². The van der Waals surface area contributed by atoms with Gasteiger partial charge in [0.25, 0.3) is 0 Å². The minimum Gasteiger partial charge on any atom is -0.290 e. The first kappa shape index (κ1) is 14.0. The zero-order valence-electron chi connectivity index (χ0n) is 12.9. The molecule has 0 saturated heterocycles. The standard InChI is InChI=1S/C18H24O/c1-10(2)14-8-16-12(5)7-18(19)15(11(3)4)9-17(16)13(14)6/h7,9-11H,8H2,1-6H3. The normalized spacial score (nSPS) is 14.5. The fourth-order valence-corrected chi connectivity index (χ4v) is 3.05. The summed E-state index contributed by atoms with van der Waals surface area (Å²) in [7, 11) is 0. The van der Waals surface area contributed by atoms with Crippen molar-refractivity contribution < 1.29 is 0 Å². The fourth-order valence-electron chi connectivity index (χ4n) is 3.05. The maximum Gasteiger partial charge on any atom is 0.182 e. The van der Waals surface area contributed by atoms with Crippen molar-refractivity contribution in [2.75, 3.05) is 0 Å². The van der Waals surface area contributed by atoms with Crippen LogP contribution in [0, 0.1) is 12.8 Å². The summed E-state index contributed by atoms with van der Waals surface area (Å²) in [5.74, 6) is 0.852. The molecule has 1 nitrogen and oxygen atoms in total. The number of rotatable bonds is 2. The third kappa shape index (κ3) is 2.39. The van der Waals surface area contributed by atoms with Gasteiger partial charge in [-0.2, -0.15) is 0 Å². The topological polar surface area (TPSA) is 17.1 Å². The predicted octanol–water partition coefficient (Wildman–Crippen LogP) is 4.46. The lowest BCUT2D eigenvalue weighted by Gasteiger charge is -2.08. The van der Waals surface area contributed by atoms with Gasteiger partial charge in [-0.05, 0) is 66.5 Å². The third-order valence-corrected chi connectivity index (χ3v) is 4.30. The fraction of sp³-hybridized carbons (Fsp3) is 0.500. The van der Waals surface area contributed by atoms with E-state index in [-0.39, 0.29) is 11.3 Å². The molecule has 0 bridgehead atoms. The van der Waals surface area contributed by atoms with Crippen molar-refractivity contribution in [1.82, 2.24) is 0 Å². The molecule has 0 aromatic heterocycles. The Labute approximate surface area is 116 Å². The minimum absolute atomic E-state index is 0.181. The maximum atomic E-state index is 12.2. The van der Waals surface area contributed by atoms with Crippen LogP contribution >= 0.6 is 0 Å². The zero-order valence-corrected chi connectivity index (χ0v) is 12.9. The van der Waals surface area contributed by atoms with Crippen LogP contribution in [-0.4, -0.2) is 0 Å². The van der Waals surface area contributed by atoms with E-state index in [0.29, 0.717) is 5.92 Å². The Morgan fingerprint density at radius 2 is 1.63 bits per heavy atom. The Balaban J connectivity index is 2.75. The highest BCUT2D eigenvalue weighted by Crippen LogP contribution is 2.37. The van der Waals surface area contributed by atoms with Gasteiger partial charge in [-0.3, -0.25) is 4.79 Å². The van der Waals surface area contributed by atoms with E-state index in [2.05, 4.69) is 47.6 Å². The quantitative estimate of drug-likeness (QED) is 0.763. The molecule has 0 unspecified atom stereocenters. The van der Waals surface area contributed by atoms with Crippen molar-refractivity contribution >= 4 is 5.57 Å². The molecule has 1 aromatic rings. The Hall–Kier alpha value is -1.37. The van der Waals surface area contributed by atoms with Crippen LogP contribution in [0.1, 0.15) is 62.8 Å². The summed E-state index contributed by atoms with van der Waals surface area (Å²) in [6.45, 7) is 13.0. The second-order valence-corrected chi connectivity index (χ2v) is 6.32. The highest BCUT2D eigenvalue weighted by atomic mass is 16.1. The maximum absolute atomic E-state index is 12.2. The molecule has 0 N–H and O–H groups in total. The highest BCUT2D eigenvalue weighted by Gasteiger charge is 2.22. The molecule has 1 aliphatic carbocycles. The van der Waals surface area contributed by atoms with Crippen LogP contribution in [0.25, 0.3) is 5.57 Å². The molecule has 0 spiro atoms. The van der Waals surface area contributed by atoms with Crippen LogP contribution in [-0.2, 0) is 6.42 Å². The number of aryl methyl sites for hydroxylation is 1. The van der Waals surface area contributed by atoms with E-state index in [0.717, 1.165) is 17.5 Å². The third-order valence-electron chi connectivity index (χ3n) is 4.30. The molecule has 2 rings (SSSR count). The van der Waals surface area contributed by atoms with E-state index in [1.807, 2.05) is 6.07 Å². The van der Waals surface area contributed by atoms with E-state index in [1.165, 1.54) is 22.3 Å². The number of hydrogen-bond acceptors (Lipinski definition) is 1. The SMILES string of the molecule is CC1=C(C(C)C)Cc2c(C)cc(=O)c(C(C)C)cc21. The summed E-state index contributed by atoms with van der Waals surface area (Å²) < 4.78 is 0. The van der Waals surface area contributed by atoms with Crippen molar-refractivity contribution in [1.29, 1.82) is 0 Å².